The Kier molecular flexibility index (Phi) is 4.32. The highest BCUT2D eigenvalue weighted by atomic mass is 32.1. The molecule has 2 heteroatoms. The number of hydrogen-bond donors (Lipinski definition) is 2. The molecule has 1 N–H and O–H groups in total. The summed E-state index contributed by atoms with van der Waals surface area (Å²) in [6.45, 7) is 4.51. The lowest BCUT2D eigenvalue weighted by Gasteiger charge is -2.20. The van der Waals surface area contributed by atoms with Crippen molar-refractivity contribution in [1.82, 2.24) is 0 Å². The zero-order valence-corrected chi connectivity index (χ0v) is 7.12. The van der Waals surface area contributed by atoms with Gasteiger partial charge in [-0.1, -0.05) is 13.8 Å². The Hall–Kier alpha value is 0.310. The summed E-state index contributed by atoms with van der Waals surface area (Å²) in [6.07, 6.45) is 2.94. The van der Waals surface area contributed by atoms with Gasteiger partial charge in [-0.25, -0.2) is 0 Å². The van der Waals surface area contributed by atoms with Crippen LogP contribution in [0.5, 0.6) is 0 Å². The topological polar surface area (TPSA) is 20.2 Å². The van der Waals surface area contributed by atoms with E-state index in [-0.39, 0.29) is 11.4 Å². The molecular weight excluding hydrogens is 132 g/mol. The van der Waals surface area contributed by atoms with Crippen LogP contribution in [0.2, 0.25) is 0 Å². The number of aliphatic hydroxyl groups is 1. The van der Waals surface area contributed by atoms with Gasteiger partial charge in [0.1, 0.15) is 0 Å². The molecule has 0 heterocycles. The fourth-order valence-electron chi connectivity index (χ4n) is 0.637. The van der Waals surface area contributed by atoms with Gasteiger partial charge in [0.05, 0.1) is 0 Å². The first-order chi connectivity index (χ1) is 4.12. The zero-order valence-electron chi connectivity index (χ0n) is 6.22. The van der Waals surface area contributed by atoms with E-state index in [1.54, 1.807) is 0 Å². The average Bonchev–Trinajstić information content (AvgIpc) is 1.84. The Morgan fingerprint density at radius 3 is 2.44 bits per heavy atom. The van der Waals surface area contributed by atoms with E-state index in [0.29, 0.717) is 0 Å². The lowest BCUT2D eigenvalue weighted by atomic mass is 10.0. The Labute approximate surface area is 62.9 Å². The summed E-state index contributed by atoms with van der Waals surface area (Å²) in [5, 5.41) is 8.49. The van der Waals surface area contributed by atoms with Crippen LogP contribution in [0.3, 0.4) is 0 Å². The minimum absolute atomic E-state index is 0.128. The van der Waals surface area contributed by atoms with Gasteiger partial charge >= 0.3 is 0 Å². The second-order valence-corrected chi connectivity index (χ2v) is 3.76. The van der Waals surface area contributed by atoms with Crippen LogP contribution in [-0.4, -0.2) is 16.5 Å². The van der Waals surface area contributed by atoms with Gasteiger partial charge < -0.3 is 5.11 Å². The van der Waals surface area contributed by atoms with Crippen molar-refractivity contribution in [2.75, 3.05) is 6.61 Å². The highest BCUT2D eigenvalue weighted by molar-refractivity contribution is 7.81. The normalized spacial score (nSPS) is 17.3. The third kappa shape index (κ3) is 4.79. The summed E-state index contributed by atoms with van der Waals surface area (Å²) in [4.78, 5) is 0. The molecule has 0 saturated heterocycles. The van der Waals surface area contributed by atoms with Crippen LogP contribution in [-0.2, 0) is 0 Å². The molecule has 0 aromatic heterocycles. The highest BCUT2D eigenvalue weighted by Crippen LogP contribution is 2.23. The second-order valence-electron chi connectivity index (χ2n) is 2.68. The minimum atomic E-state index is 0.128. The average molecular weight is 148 g/mol. The van der Waals surface area contributed by atoms with Crippen molar-refractivity contribution in [2.45, 2.75) is 37.9 Å². The van der Waals surface area contributed by atoms with Gasteiger partial charge in [0.2, 0.25) is 0 Å². The monoisotopic (exact) mass is 148 g/mol. The molecule has 0 aliphatic rings. The lowest BCUT2D eigenvalue weighted by molar-refractivity contribution is 0.277. The van der Waals surface area contributed by atoms with E-state index < -0.39 is 0 Å². The quantitative estimate of drug-likeness (QED) is 0.583. The molecule has 0 aromatic carbocycles. The van der Waals surface area contributed by atoms with E-state index in [9.17, 15) is 0 Å². The van der Waals surface area contributed by atoms with Crippen LogP contribution in [0, 0.1) is 0 Å². The second kappa shape index (κ2) is 4.18. The molecule has 9 heavy (non-hydrogen) atoms. The molecule has 0 amide bonds. The van der Waals surface area contributed by atoms with Gasteiger partial charge in [-0.3, -0.25) is 0 Å². The molecule has 0 aliphatic carbocycles. The Bertz CT molecular complexity index is 71.3. The van der Waals surface area contributed by atoms with E-state index in [1.165, 1.54) is 0 Å². The first kappa shape index (κ1) is 9.31. The SMILES string of the molecule is CCC(C)(S)CCCO. The number of thiol groups is 1. The molecule has 0 rings (SSSR count). The van der Waals surface area contributed by atoms with Crippen molar-refractivity contribution in [3.05, 3.63) is 0 Å². The van der Waals surface area contributed by atoms with Crippen molar-refractivity contribution >= 4 is 12.6 Å². The third-order valence-electron chi connectivity index (χ3n) is 1.64. The largest absolute Gasteiger partial charge is 0.396 e. The fraction of sp³-hybridized carbons (Fsp3) is 1.00. The molecule has 0 bridgehead atoms. The molecular formula is C7H16OS. The highest BCUT2D eigenvalue weighted by Gasteiger charge is 2.14. The van der Waals surface area contributed by atoms with Crippen molar-refractivity contribution in [3.63, 3.8) is 0 Å². The summed E-state index contributed by atoms with van der Waals surface area (Å²) < 4.78 is 0.128. The molecule has 1 nitrogen and oxygen atoms in total. The van der Waals surface area contributed by atoms with E-state index in [2.05, 4.69) is 26.5 Å². The molecule has 56 valence electrons. The molecule has 0 radical (unpaired) electrons. The maximum atomic E-state index is 8.49. The number of rotatable bonds is 4. The molecule has 0 aliphatic heterocycles. The molecule has 0 spiro atoms. The number of hydrogen-bond acceptors (Lipinski definition) is 2. The summed E-state index contributed by atoms with van der Waals surface area (Å²) >= 11 is 4.41. The smallest absolute Gasteiger partial charge is 0.0431 e. The van der Waals surface area contributed by atoms with Gasteiger partial charge in [-0.15, -0.1) is 0 Å². The van der Waals surface area contributed by atoms with E-state index in [1.807, 2.05) is 0 Å². The van der Waals surface area contributed by atoms with E-state index >= 15 is 0 Å². The van der Waals surface area contributed by atoms with Crippen LogP contribution in [0.25, 0.3) is 0 Å². The Morgan fingerprint density at radius 1 is 1.56 bits per heavy atom. The molecule has 1 unspecified atom stereocenters. The minimum Gasteiger partial charge on any atom is -0.396 e. The van der Waals surface area contributed by atoms with Crippen LogP contribution in [0.4, 0.5) is 0 Å². The predicted molar refractivity (Wildman–Crippen MR) is 44.0 cm³/mol. The molecule has 1 atom stereocenters. The summed E-state index contributed by atoms with van der Waals surface area (Å²) in [5.41, 5.74) is 0. The molecule has 0 aromatic rings. The van der Waals surface area contributed by atoms with Gasteiger partial charge in [-0.05, 0) is 19.3 Å². The maximum Gasteiger partial charge on any atom is 0.0431 e. The standard InChI is InChI=1S/C7H16OS/c1-3-7(2,9)5-4-6-8/h8-9H,3-6H2,1-2H3. The van der Waals surface area contributed by atoms with Gasteiger partial charge in [0.15, 0.2) is 0 Å². The van der Waals surface area contributed by atoms with Crippen molar-refractivity contribution < 1.29 is 5.11 Å². The van der Waals surface area contributed by atoms with Crippen LogP contribution in [0.1, 0.15) is 33.1 Å². The summed E-state index contributed by atoms with van der Waals surface area (Å²) in [7, 11) is 0. The lowest BCUT2D eigenvalue weighted by Crippen LogP contribution is -2.14. The van der Waals surface area contributed by atoms with Gasteiger partial charge in [-0.2, -0.15) is 12.6 Å². The van der Waals surface area contributed by atoms with E-state index in [4.69, 9.17) is 5.11 Å². The van der Waals surface area contributed by atoms with Crippen molar-refractivity contribution in [3.8, 4) is 0 Å². The van der Waals surface area contributed by atoms with Crippen LogP contribution in [0.15, 0.2) is 0 Å². The van der Waals surface area contributed by atoms with Gasteiger partial charge in [0, 0.05) is 11.4 Å². The predicted octanol–water partition coefficient (Wildman–Crippen LogP) is 1.86. The summed E-state index contributed by atoms with van der Waals surface area (Å²) in [6, 6.07) is 0. The Morgan fingerprint density at radius 2 is 2.11 bits per heavy atom. The van der Waals surface area contributed by atoms with Crippen LogP contribution >= 0.6 is 12.6 Å². The van der Waals surface area contributed by atoms with Crippen molar-refractivity contribution in [1.29, 1.82) is 0 Å². The molecule has 0 fully saturated rings. The van der Waals surface area contributed by atoms with Crippen molar-refractivity contribution in [2.24, 2.45) is 0 Å². The Balaban J connectivity index is 3.33. The zero-order chi connectivity index (χ0) is 7.33. The fourth-order valence-corrected chi connectivity index (χ4v) is 0.795. The van der Waals surface area contributed by atoms with E-state index in [0.717, 1.165) is 19.3 Å². The first-order valence-corrected chi connectivity index (χ1v) is 3.90. The van der Waals surface area contributed by atoms with Gasteiger partial charge in [0.25, 0.3) is 0 Å². The third-order valence-corrected chi connectivity index (χ3v) is 2.17. The molecule has 0 saturated carbocycles. The maximum absolute atomic E-state index is 8.49. The van der Waals surface area contributed by atoms with Crippen LogP contribution < -0.4 is 0 Å². The number of aliphatic hydroxyl groups excluding tert-OH is 1. The first-order valence-electron chi connectivity index (χ1n) is 3.45. The summed E-state index contributed by atoms with van der Waals surface area (Å²) in [5.74, 6) is 0.